The zero-order valence-corrected chi connectivity index (χ0v) is 9.17. The first-order valence-electron chi connectivity index (χ1n) is 4.80. The van der Waals surface area contributed by atoms with Crippen molar-refractivity contribution in [2.24, 2.45) is 0 Å². The van der Waals surface area contributed by atoms with Gasteiger partial charge in [0.25, 0.3) is 0 Å². The minimum Gasteiger partial charge on any atom is -0.550 e. The molecule has 0 heterocycles. The number of benzene rings is 1. The highest BCUT2D eigenvalue weighted by Crippen LogP contribution is 2.26. The maximum atomic E-state index is 11.1. The zero-order chi connectivity index (χ0) is 12.8. The summed E-state index contributed by atoms with van der Waals surface area (Å²) >= 11 is 0. The van der Waals surface area contributed by atoms with E-state index in [4.69, 9.17) is 4.74 Å². The molecule has 5 nitrogen and oxygen atoms in total. The summed E-state index contributed by atoms with van der Waals surface area (Å²) < 4.78 is 4.88. The number of ketones is 1. The van der Waals surface area contributed by atoms with Gasteiger partial charge in [0, 0.05) is 5.97 Å². The van der Waals surface area contributed by atoms with Crippen LogP contribution in [0, 0.1) is 0 Å². The van der Waals surface area contributed by atoms with E-state index in [9.17, 15) is 19.8 Å². The molecule has 0 amide bonds. The van der Waals surface area contributed by atoms with E-state index in [-0.39, 0.29) is 11.5 Å². The molecule has 0 fully saturated rings. The molecule has 0 aromatic heterocycles. The Hall–Kier alpha value is -2.30. The SMILES string of the molecule is COc1cc(C=CC(=O)CC(=O)[O-])ccc1O. The van der Waals surface area contributed by atoms with E-state index in [0.717, 1.165) is 6.08 Å². The largest absolute Gasteiger partial charge is 0.550 e. The lowest BCUT2D eigenvalue weighted by atomic mass is 10.1. The van der Waals surface area contributed by atoms with E-state index >= 15 is 0 Å². The fraction of sp³-hybridized carbons (Fsp3) is 0.167. The molecule has 0 aliphatic heterocycles. The van der Waals surface area contributed by atoms with Gasteiger partial charge in [0.1, 0.15) is 0 Å². The van der Waals surface area contributed by atoms with Gasteiger partial charge in [-0.2, -0.15) is 0 Å². The Balaban J connectivity index is 2.78. The number of carboxylic acids is 1. The van der Waals surface area contributed by atoms with Crippen LogP contribution in [0.1, 0.15) is 12.0 Å². The molecule has 0 saturated carbocycles. The summed E-state index contributed by atoms with van der Waals surface area (Å²) in [6, 6.07) is 4.51. The Morgan fingerprint density at radius 1 is 1.47 bits per heavy atom. The van der Waals surface area contributed by atoms with Gasteiger partial charge in [-0.05, 0) is 23.8 Å². The first-order valence-corrected chi connectivity index (χ1v) is 4.80. The molecule has 0 saturated heterocycles. The standard InChI is InChI=1S/C12H12O5/c1-17-11-6-8(3-5-10(11)14)2-4-9(13)7-12(15)16/h2-6,14H,7H2,1H3,(H,15,16)/p-1. The first kappa shape index (κ1) is 12.8. The number of aromatic hydroxyl groups is 1. The third-order valence-electron chi connectivity index (χ3n) is 1.98. The molecule has 0 radical (unpaired) electrons. The zero-order valence-electron chi connectivity index (χ0n) is 9.17. The Morgan fingerprint density at radius 2 is 2.18 bits per heavy atom. The summed E-state index contributed by atoms with van der Waals surface area (Å²) in [6.07, 6.45) is 1.93. The lowest BCUT2D eigenvalue weighted by molar-refractivity contribution is -0.304. The molecule has 0 unspecified atom stereocenters. The average molecular weight is 235 g/mol. The Labute approximate surface area is 98.0 Å². The van der Waals surface area contributed by atoms with Crippen molar-refractivity contribution in [3.05, 3.63) is 29.8 Å². The van der Waals surface area contributed by atoms with E-state index in [1.54, 1.807) is 6.07 Å². The van der Waals surface area contributed by atoms with Gasteiger partial charge in [0.15, 0.2) is 17.3 Å². The van der Waals surface area contributed by atoms with Crippen LogP contribution in [-0.2, 0) is 9.59 Å². The normalized spacial score (nSPS) is 10.4. The molecule has 0 aliphatic carbocycles. The van der Waals surface area contributed by atoms with E-state index in [1.807, 2.05) is 0 Å². The van der Waals surface area contributed by atoms with Gasteiger partial charge in [0.2, 0.25) is 0 Å². The third kappa shape index (κ3) is 3.98. The topological polar surface area (TPSA) is 86.7 Å². The second-order valence-electron chi connectivity index (χ2n) is 3.28. The number of hydrogen-bond acceptors (Lipinski definition) is 5. The molecule has 0 atom stereocenters. The van der Waals surface area contributed by atoms with Gasteiger partial charge in [-0.25, -0.2) is 0 Å². The van der Waals surface area contributed by atoms with Crippen molar-refractivity contribution in [3.63, 3.8) is 0 Å². The number of ether oxygens (including phenoxy) is 1. The lowest BCUT2D eigenvalue weighted by Crippen LogP contribution is -2.24. The van der Waals surface area contributed by atoms with Crippen LogP contribution in [0.4, 0.5) is 0 Å². The lowest BCUT2D eigenvalue weighted by Gasteiger charge is -2.03. The highest BCUT2D eigenvalue weighted by molar-refractivity contribution is 6.02. The summed E-state index contributed by atoms with van der Waals surface area (Å²) in [4.78, 5) is 21.2. The number of hydrogen-bond donors (Lipinski definition) is 1. The van der Waals surface area contributed by atoms with Crippen LogP contribution >= 0.6 is 0 Å². The van der Waals surface area contributed by atoms with Crippen LogP contribution < -0.4 is 9.84 Å². The van der Waals surface area contributed by atoms with E-state index < -0.39 is 18.2 Å². The fourth-order valence-electron chi connectivity index (χ4n) is 1.19. The number of carbonyl (C=O) groups is 2. The van der Waals surface area contributed by atoms with E-state index in [0.29, 0.717) is 5.56 Å². The predicted molar refractivity (Wildman–Crippen MR) is 58.3 cm³/mol. The minimum absolute atomic E-state index is 0.00860. The van der Waals surface area contributed by atoms with Crippen LogP contribution in [0.25, 0.3) is 6.08 Å². The highest BCUT2D eigenvalue weighted by atomic mass is 16.5. The predicted octanol–water partition coefficient (Wildman–Crippen LogP) is 0.123. The van der Waals surface area contributed by atoms with Gasteiger partial charge in [-0.3, -0.25) is 4.79 Å². The number of phenols is 1. The van der Waals surface area contributed by atoms with Crippen molar-refractivity contribution >= 4 is 17.8 Å². The second-order valence-corrected chi connectivity index (χ2v) is 3.28. The Morgan fingerprint density at radius 3 is 2.76 bits per heavy atom. The summed E-state index contributed by atoms with van der Waals surface area (Å²) in [5.74, 6) is -1.70. The second kappa shape index (κ2) is 5.69. The van der Waals surface area contributed by atoms with Crippen LogP contribution in [0.15, 0.2) is 24.3 Å². The van der Waals surface area contributed by atoms with Crippen molar-refractivity contribution in [3.8, 4) is 11.5 Å². The van der Waals surface area contributed by atoms with Gasteiger partial charge in [-0.1, -0.05) is 12.1 Å². The van der Waals surface area contributed by atoms with Gasteiger partial charge >= 0.3 is 0 Å². The van der Waals surface area contributed by atoms with Gasteiger partial charge in [-0.15, -0.1) is 0 Å². The summed E-state index contributed by atoms with van der Waals surface area (Å²) in [6.45, 7) is 0. The van der Waals surface area contributed by atoms with Crippen molar-refractivity contribution in [1.29, 1.82) is 0 Å². The Bertz CT molecular complexity index is 462. The number of phenolic OH excluding ortho intramolecular Hbond substituents is 1. The smallest absolute Gasteiger partial charge is 0.161 e. The molecular formula is C12H11O5-. The molecule has 17 heavy (non-hydrogen) atoms. The third-order valence-corrected chi connectivity index (χ3v) is 1.98. The van der Waals surface area contributed by atoms with Gasteiger partial charge < -0.3 is 19.7 Å². The Kier molecular flexibility index (Phi) is 4.28. The number of methoxy groups -OCH3 is 1. The molecule has 5 heteroatoms. The average Bonchev–Trinajstić information content (AvgIpc) is 2.27. The molecule has 0 aliphatic rings. The van der Waals surface area contributed by atoms with Crippen LogP contribution in [0.5, 0.6) is 11.5 Å². The van der Waals surface area contributed by atoms with Gasteiger partial charge in [0.05, 0.1) is 13.5 Å². The molecule has 1 rings (SSSR count). The highest BCUT2D eigenvalue weighted by Gasteiger charge is 2.01. The molecule has 1 aromatic rings. The van der Waals surface area contributed by atoms with Crippen LogP contribution in [-0.4, -0.2) is 24.0 Å². The van der Waals surface area contributed by atoms with Crippen molar-refractivity contribution in [2.45, 2.75) is 6.42 Å². The van der Waals surface area contributed by atoms with E-state index in [1.165, 1.54) is 25.3 Å². The monoisotopic (exact) mass is 235 g/mol. The number of aliphatic carboxylic acids is 1. The molecule has 1 N–H and O–H groups in total. The van der Waals surface area contributed by atoms with Crippen molar-refractivity contribution in [2.75, 3.05) is 7.11 Å². The maximum absolute atomic E-state index is 11.1. The first-order chi connectivity index (χ1) is 8.02. The molecule has 90 valence electrons. The molecule has 1 aromatic carbocycles. The number of allylic oxidation sites excluding steroid dienone is 1. The summed E-state index contributed by atoms with van der Waals surface area (Å²) in [5, 5.41) is 19.5. The van der Waals surface area contributed by atoms with Crippen LogP contribution in [0.3, 0.4) is 0 Å². The molecule has 0 bridgehead atoms. The quantitative estimate of drug-likeness (QED) is 0.578. The van der Waals surface area contributed by atoms with Crippen LogP contribution in [0.2, 0.25) is 0 Å². The van der Waals surface area contributed by atoms with Crippen molar-refractivity contribution in [1.82, 2.24) is 0 Å². The molecular weight excluding hydrogens is 224 g/mol. The molecule has 0 spiro atoms. The van der Waals surface area contributed by atoms with Crippen molar-refractivity contribution < 1.29 is 24.5 Å². The number of carbonyl (C=O) groups excluding carboxylic acids is 2. The van der Waals surface area contributed by atoms with E-state index in [2.05, 4.69) is 0 Å². The summed E-state index contributed by atoms with van der Waals surface area (Å²) in [5.41, 5.74) is 0.617. The number of rotatable bonds is 5. The minimum atomic E-state index is -1.41. The summed E-state index contributed by atoms with van der Waals surface area (Å²) in [7, 11) is 1.41. The maximum Gasteiger partial charge on any atom is 0.161 e. The number of carboxylic acid groups (broad SMARTS) is 1. The fourth-order valence-corrected chi connectivity index (χ4v) is 1.19.